The van der Waals surface area contributed by atoms with E-state index in [1.807, 2.05) is 68.1 Å². The quantitative estimate of drug-likeness (QED) is 0.779. The van der Waals surface area contributed by atoms with E-state index in [1.54, 1.807) is 0 Å². The van der Waals surface area contributed by atoms with E-state index in [1.165, 1.54) is 5.56 Å². The Morgan fingerprint density at radius 3 is 2.15 bits per heavy atom. The van der Waals surface area contributed by atoms with Gasteiger partial charge in [-0.3, -0.25) is 4.79 Å². The van der Waals surface area contributed by atoms with Gasteiger partial charge in [0.1, 0.15) is 0 Å². The maximum atomic E-state index is 12.9. The predicted molar refractivity (Wildman–Crippen MR) is 108 cm³/mol. The highest BCUT2D eigenvalue weighted by atomic mass is 16.5. The number of benzene rings is 2. The second-order valence-electron chi connectivity index (χ2n) is 6.85. The Hall–Kier alpha value is -2.69. The summed E-state index contributed by atoms with van der Waals surface area (Å²) in [5.41, 5.74) is 4.17. The van der Waals surface area contributed by atoms with Crippen LogP contribution in [0.25, 0.3) is 0 Å². The second-order valence-corrected chi connectivity index (χ2v) is 6.85. The number of carbonyl (C=O) groups is 1. The molecule has 2 aromatic rings. The third-order valence-corrected chi connectivity index (χ3v) is 4.80. The first-order valence-electron chi connectivity index (χ1n) is 9.51. The topological polar surface area (TPSA) is 42.0 Å². The van der Waals surface area contributed by atoms with Gasteiger partial charge in [-0.2, -0.15) is 0 Å². The summed E-state index contributed by atoms with van der Waals surface area (Å²) in [6, 6.07) is 11.9. The monoisotopic (exact) mass is 368 g/mol. The molecule has 1 heterocycles. The van der Waals surface area contributed by atoms with Crippen LogP contribution in [0.1, 0.15) is 35.3 Å². The number of ether oxygens (including phenoxy) is 2. The first-order chi connectivity index (χ1) is 13.0. The van der Waals surface area contributed by atoms with Gasteiger partial charge < -0.3 is 19.3 Å². The summed E-state index contributed by atoms with van der Waals surface area (Å²) in [5, 5.41) is 0. The van der Waals surface area contributed by atoms with E-state index in [0.29, 0.717) is 26.3 Å². The van der Waals surface area contributed by atoms with Crippen molar-refractivity contribution in [3.8, 4) is 11.5 Å². The van der Waals surface area contributed by atoms with E-state index in [-0.39, 0.29) is 5.91 Å². The summed E-state index contributed by atoms with van der Waals surface area (Å²) in [6.45, 7) is 6.42. The molecule has 0 atom stereocenters. The van der Waals surface area contributed by atoms with Crippen molar-refractivity contribution < 1.29 is 14.3 Å². The molecule has 5 nitrogen and oxygen atoms in total. The van der Waals surface area contributed by atoms with Crippen LogP contribution < -0.4 is 14.4 Å². The highest BCUT2D eigenvalue weighted by Gasteiger charge is 2.24. The van der Waals surface area contributed by atoms with Gasteiger partial charge in [0.15, 0.2) is 11.5 Å². The van der Waals surface area contributed by atoms with E-state index in [4.69, 9.17) is 9.47 Å². The SMILES string of the molecule is CCOc1cc2c(cc1OCC)CN(C(=O)c1ccc(N(C)C)cc1)CC2. The van der Waals surface area contributed by atoms with Crippen LogP contribution in [-0.4, -0.2) is 44.7 Å². The van der Waals surface area contributed by atoms with Crippen molar-refractivity contribution in [2.45, 2.75) is 26.8 Å². The molecule has 27 heavy (non-hydrogen) atoms. The largest absolute Gasteiger partial charge is 0.490 e. The van der Waals surface area contributed by atoms with Crippen molar-refractivity contribution in [2.75, 3.05) is 38.8 Å². The summed E-state index contributed by atoms with van der Waals surface area (Å²) >= 11 is 0. The molecular weight excluding hydrogens is 340 g/mol. The number of anilines is 1. The molecule has 144 valence electrons. The molecule has 0 unspecified atom stereocenters. The van der Waals surface area contributed by atoms with Crippen molar-refractivity contribution >= 4 is 11.6 Å². The van der Waals surface area contributed by atoms with Gasteiger partial charge in [0.25, 0.3) is 5.91 Å². The Kier molecular flexibility index (Phi) is 5.89. The number of nitrogens with zero attached hydrogens (tertiary/aromatic N) is 2. The van der Waals surface area contributed by atoms with Crippen LogP contribution in [-0.2, 0) is 13.0 Å². The molecule has 3 rings (SSSR count). The van der Waals surface area contributed by atoms with Gasteiger partial charge in [-0.25, -0.2) is 0 Å². The predicted octanol–water partition coefficient (Wildman–Crippen LogP) is 3.75. The molecule has 5 heteroatoms. The fourth-order valence-electron chi connectivity index (χ4n) is 3.36. The van der Waals surface area contributed by atoms with Crippen molar-refractivity contribution in [1.29, 1.82) is 0 Å². The average Bonchev–Trinajstić information content (AvgIpc) is 2.68. The molecular formula is C22H28N2O3. The smallest absolute Gasteiger partial charge is 0.254 e. The number of hydrogen-bond donors (Lipinski definition) is 0. The zero-order valence-electron chi connectivity index (χ0n) is 16.6. The highest BCUT2D eigenvalue weighted by molar-refractivity contribution is 5.94. The minimum atomic E-state index is 0.0674. The van der Waals surface area contributed by atoms with Crippen molar-refractivity contribution in [3.05, 3.63) is 53.1 Å². The number of amides is 1. The normalized spacial score (nSPS) is 13.1. The molecule has 0 fully saturated rings. The van der Waals surface area contributed by atoms with E-state index in [0.717, 1.165) is 34.7 Å². The van der Waals surface area contributed by atoms with Crippen molar-refractivity contribution in [2.24, 2.45) is 0 Å². The standard InChI is InChI=1S/C22H28N2O3/c1-5-26-20-13-17-11-12-24(15-18(17)14-21(20)27-6-2)22(25)16-7-9-19(10-8-16)23(3)4/h7-10,13-14H,5-6,11-12,15H2,1-4H3. The first kappa shape index (κ1) is 19.1. The van der Waals surface area contributed by atoms with E-state index >= 15 is 0 Å². The third kappa shape index (κ3) is 4.18. The molecule has 0 saturated carbocycles. The van der Waals surface area contributed by atoms with Gasteiger partial charge >= 0.3 is 0 Å². The maximum absolute atomic E-state index is 12.9. The minimum Gasteiger partial charge on any atom is -0.490 e. The lowest BCUT2D eigenvalue weighted by atomic mass is 9.98. The van der Waals surface area contributed by atoms with Gasteiger partial charge in [0, 0.05) is 38.4 Å². The van der Waals surface area contributed by atoms with Crippen LogP contribution in [0, 0.1) is 0 Å². The van der Waals surface area contributed by atoms with Crippen LogP contribution in [0.2, 0.25) is 0 Å². The molecule has 0 aliphatic carbocycles. The molecule has 0 bridgehead atoms. The lowest BCUT2D eigenvalue weighted by Crippen LogP contribution is -2.36. The molecule has 0 aromatic heterocycles. The van der Waals surface area contributed by atoms with E-state index in [9.17, 15) is 4.79 Å². The fraction of sp³-hybridized carbons (Fsp3) is 0.409. The van der Waals surface area contributed by atoms with E-state index < -0.39 is 0 Å². The van der Waals surface area contributed by atoms with Crippen LogP contribution in [0.3, 0.4) is 0 Å². The van der Waals surface area contributed by atoms with Crippen LogP contribution >= 0.6 is 0 Å². The molecule has 2 aromatic carbocycles. The first-order valence-corrected chi connectivity index (χ1v) is 9.51. The summed E-state index contributed by atoms with van der Waals surface area (Å²) < 4.78 is 11.5. The molecule has 0 saturated heterocycles. The minimum absolute atomic E-state index is 0.0674. The number of carbonyl (C=O) groups excluding carboxylic acids is 1. The summed E-state index contributed by atoms with van der Waals surface area (Å²) in [6.07, 6.45) is 0.823. The average molecular weight is 368 g/mol. The molecule has 1 amide bonds. The molecule has 1 aliphatic rings. The van der Waals surface area contributed by atoms with Crippen LogP contribution in [0.15, 0.2) is 36.4 Å². The van der Waals surface area contributed by atoms with Gasteiger partial charge in [0.05, 0.1) is 13.2 Å². The van der Waals surface area contributed by atoms with Gasteiger partial charge in [-0.15, -0.1) is 0 Å². The van der Waals surface area contributed by atoms with Crippen molar-refractivity contribution in [1.82, 2.24) is 4.90 Å². The summed E-state index contributed by atoms with van der Waals surface area (Å²) in [5.74, 6) is 1.61. The second kappa shape index (κ2) is 8.33. The Balaban J connectivity index is 1.80. The zero-order chi connectivity index (χ0) is 19.4. The third-order valence-electron chi connectivity index (χ3n) is 4.80. The Labute approximate surface area is 161 Å². The van der Waals surface area contributed by atoms with Crippen LogP contribution in [0.4, 0.5) is 5.69 Å². The van der Waals surface area contributed by atoms with E-state index in [2.05, 4.69) is 6.07 Å². The maximum Gasteiger partial charge on any atom is 0.254 e. The summed E-state index contributed by atoms with van der Waals surface area (Å²) in [4.78, 5) is 16.9. The van der Waals surface area contributed by atoms with Crippen molar-refractivity contribution in [3.63, 3.8) is 0 Å². The number of rotatable bonds is 6. The number of hydrogen-bond acceptors (Lipinski definition) is 4. The van der Waals surface area contributed by atoms with Crippen LogP contribution in [0.5, 0.6) is 11.5 Å². The molecule has 1 aliphatic heterocycles. The highest BCUT2D eigenvalue weighted by Crippen LogP contribution is 2.34. The fourth-order valence-corrected chi connectivity index (χ4v) is 3.36. The number of fused-ring (bicyclic) bond motifs is 1. The Morgan fingerprint density at radius 2 is 1.59 bits per heavy atom. The Bertz CT molecular complexity index is 800. The lowest BCUT2D eigenvalue weighted by molar-refractivity contribution is 0.0734. The van der Waals surface area contributed by atoms with Gasteiger partial charge in [0.2, 0.25) is 0 Å². The van der Waals surface area contributed by atoms with Gasteiger partial charge in [-0.1, -0.05) is 0 Å². The zero-order valence-corrected chi connectivity index (χ0v) is 16.6. The molecule has 0 radical (unpaired) electrons. The lowest BCUT2D eigenvalue weighted by Gasteiger charge is -2.30. The molecule has 0 spiro atoms. The molecule has 0 N–H and O–H groups in total. The van der Waals surface area contributed by atoms with Gasteiger partial charge in [-0.05, 0) is 67.8 Å². The summed E-state index contributed by atoms with van der Waals surface area (Å²) in [7, 11) is 3.98. The Morgan fingerprint density at radius 1 is 1.00 bits per heavy atom.